The van der Waals surface area contributed by atoms with Crippen LogP contribution in [-0.4, -0.2) is 46.8 Å². The number of ether oxygens (including phenoxy) is 1. The van der Waals surface area contributed by atoms with Gasteiger partial charge in [-0.05, 0) is 64.8 Å². The maximum atomic E-state index is 12.4. The molecule has 2 rings (SSSR count). The fourth-order valence-electron chi connectivity index (χ4n) is 2.19. The van der Waals surface area contributed by atoms with Crippen molar-refractivity contribution in [3.63, 3.8) is 0 Å². The van der Waals surface area contributed by atoms with Gasteiger partial charge in [-0.2, -0.15) is 0 Å². The lowest BCUT2D eigenvalue weighted by Gasteiger charge is -2.12. The van der Waals surface area contributed by atoms with Gasteiger partial charge in [-0.1, -0.05) is 6.92 Å². The van der Waals surface area contributed by atoms with E-state index in [0.29, 0.717) is 23.2 Å². The lowest BCUT2D eigenvalue weighted by Crippen LogP contribution is -2.39. The molecule has 140 valence electrons. The minimum Gasteiger partial charge on any atom is -0.503 e. The zero-order valence-electron chi connectivity index (χ0n) is 14.4. The van der Waals surface area contributed by atoms with Crippen LogP contribution < -0.4 is 10.1 Å². The number of hydrogen-bond acceptors (Lipinski definition) is 6. The van der Waals surface area contributed by atoms with Gasteiger partial charge in [-0.15, -0.1) is 0 Å². The number of thioether (sulfide) groups is 1. The van der Waals surface area contributed by atoms with E-state index in [1.54, 1.807) is 19.1 Å². The Balaban J connectivity index is 2.20. The third-order valence-corrected chi connectivity index (χ3v) is 4.91. The Hall–Kier alpha value is -2.00. The predicted octanol–water partition coefficient (Wildman–Crippen LogP) is 3.12. The van der Waals surface area contributed by atoms with Crippen molar-refractivity contribution in [1.29, 1.82) is 0 Å². The van der Waals surface area contributed by atoms with E-state index in [-0.39, 0.29) is 28.9 Å². The molecule has 0 radical (unpaired) electrons. The highest BCUT2D eigenvalue weighted by atomic mass is 79.9. The number of aromatic hydroxyl groups is 1. The van der Waals surface area contributed by atoms with Gasteiger partial charge < -0.3 is 15.2 Å². The molecule has 0 saturated carbocycles. The first kappa shape index (κ1) is 20.3. The van der Waals surface area contributed by atoms with Gasteiger partial charge in [-0.25, -0.2) is 0 Å². The van der Waals surface area contributed by atoms with Gasteiger partial charge in [-0.3, -0.25) is 19.3 Å². The van der Waals surface area contributed by atoms with Crippen molar-refractivity contribution in [1.82, 2.24) is 10.2 Å². The van der Waals surface area contributed by atoms with Gasteiger partial charge in [0.15, 0.2) is 11.5 Å². The number of carbonyl (C=O) groups is 3. The normalized spacial score (nSPS) is 15.7. The summed E-state index contributed by atoms with van der Waals surface area (Å²) in [5.74, 6) is -0.661. The average Bonchev–Trinajstić information content (AvgIpc) is 2.85. The summed E-state index contributed by atoms with van der Waals surface area (Å²) in [5, 5.41) is 12.1. The smallest absolute Gasteiger partial charge is 0.294 e. The van der Waals surface area contributed by atoms with Crippen LogP contribution >= 0.6 is 27.7 Å². The molecule has 0 unspecified atom stereocenters. The number of nitrogens with one attached hydrogen (secondary N) is 1. The number of phenolic OH excluding ortho intramolecular Hbond substituents is 1. The quantitative estimate of drug-likeness (QED) is 0.629. The van der Waals surface area contributed by atoms with Crippen molar-refractivity contribution in [3.8, 4) is 11.5 Å². The molecule has 1 fully saturated rings. The van der Waals surface area contributed by atoms with Crippen molar-refractivity contribution in [3.05, 3.63) is 27.1 Å². The molecule has 0 aliphatic carbocycles. The highest BCUT2D eigenvalue weighted by Gasteiger charge is 2.36. The number of carbonyl (C=O) groups excluding carboxylic acids is 3. The molecule has 0 atom stereocenters. The number of phenols is 1. The highest BCUT2D eigenvalue weighted by molar-refractivity contribution is 9.10. The summed E-state index contributed by atoms with van der Waals surface area (Å²) in [4.78, 5) is 37.4. The van der Waals surface area contributed by atoms with Gasteiger partial charge in [0.1, 0.15) is 6.54 Å². The minimum absolute atomic E-state index is 0.0373. The number of imide groups is 1. The number of rotatable bonds is 7. The van der Waals surface area contributed by atoms with E-state index in [9.17, 15) is 19.5 Å². The van der Waals surface area contributed by atoms with Gasteiger partial charge in [0.05, 0.1) is 16.0 Å². The Morgan fingerprint density at radius 1 is 1.38 bits per heavy atom. The molecule has 1 aliphatic heterocycles. The first-order chi connectivity index (χ1) is 12.4. The minimum atomic E-state index is -0.520. The van der Waals surface area contributed by atoms with Crippen molar-refractivity contribution in [2.45, 2.75) is 20.3 Å². The van der Waals surface area contributed by atoms with Crippen LogP contribution in [0, 0.1) is 0 Å². The van der Waals surface area contributed by atoms with Crippen LogP contribution in [0.4, 0.5) is 4.79 Å². The Morgan fingerprint density at radius 2 is 2.12 bits per heavy atom. The number of halogens is 1. The fourth-order valence-corrected chi connectivity index (χ4v) is 3.49. The molecular weight excluding hydrogens is 424 g/mol. The summed E-state index contributed by atoms with van der Waals surface area (Å²) in [7, 11) is 0. The Kier molecular flexibility index (Phi) is 7.10. The van der Waals surface area contributed by atoms with Crippen LogP contribution in [0.1, 0.15) is 25.8 Å². The van der Waals surface area contributed by atoms with Crippen molar-refractivity contribution in [2.75, 3.05) is 19.7 Å². The molecular formula is C17H19BrN2O5S. The van der Waals surface area contributed by atoms with Crippen molar-refractivity contribution < 1.29 is 24.2 Å². The highest BCUT2D eigenvalue weighted by Crippen LogP contribution is 2.38. The van der Waals surface area contributed by atoms with E-state index in [1.807, 2.05) is 6.92 Å². The molecule has 2 N–H and O–H groups in total. The molecule has 1 saturated heterocycles. The average molecular weight is 443 g/mol. The fraction of sp³-hybridized carbons (Fsp3) is 0.353. The topological polar surface area (TPSA) is 95.9 Å². The Morgan fingerprint density at radius 3 is 2.77 bits per heavy atom. The number of nitrogens with zero attached hydrogens (tertiary/aromatic N) is 1. The van der Waals surface area contributed by atoms with E-state index in [0.717, 1.165) is 23.1 Å². The van der Waals surface area contributed by atoms with Crippen LogP contribution in [0.3, 0.4) is 0 Å². The lowest BCUT2D eigenvalue weighted by atomic mass is 10.2. The summed E-state index contributed by atoms with van der Waals surface area (Å²) in [5.41, 5.74) is 0.582. The summed E-state index contributed by atoms with van der Waals surface area (Å²) >= 11 is 4.00. The second-order valence-corrected chi connectivity index (χ2v) is 7.25. The first-order valence-electron chi connectivity index (χ1n) is 8.04. The van der Waals surface area contributed by atoms with Crippen LogP contribution in [-0.2, 0) is 9.59 Å². The van der Waals surface area contributed by atoms with Gasteiger partial charge in [0, 0.05) is 6.54 Å². The third kappa shape index (κ3) is 4.79. The lowest BCUT2D eigenvalue weighted by molar-refractivity contribution is -0.129. The Bertz CT molecular complexity index is 766. The predicted molar refractivity (Wildman–Crippen MR) is 103 cm³/mol. The molecule has 0 aromatic heterocycles. The molecule has 7 nitrogen and oxygen atoms in total. The number of benzene rings is 1. The van der Waals surface area contributed by atoms with Crippen LogP contribution in [0.5, 0.6) is 11.5 Å². The second kappa shape index (κ2) is 9.09. The van der Waals surface area contributed by atoms with Crippen LogP contribution in [0.2, 0.25) is 0 Å². The van der Waals surface area contributed by atoms with Gasteiger partial charge >= 0.3 is 0 Å². The SMILES string of the molecule is CCCNC(=O)CN1C(=O)S/C(=C\c2cc(Br)c(O)c(OCC)c2)C1=O. The number of amides is 3. The summed E-state index contributed by atoms with van der Waals surface area (Å²) in [6.07, 6.45) is 2.30. The first-order valence-corrected chi connectivity index (χ1v) is 9.65. The molecule has 1 aromatic rings. The maximum absolute atomic E-state index is 12.4. The van der Waals surface area contributed by atoms with Crippen molar-refractivity contribution >= 4 is 50.8 Å². The summed E-state index contributed by atoms with van der Waals surface area (Å²) in [6, 6.07) is 3.19. The van der Waals surface area contributed by atoms with Crippen LogP contribution in [0.15, 0.2) is 21.5 Å². The largest absolute Gasteiger partial charge is 0.503 e. The molecule has 1 aliphatic rings. The second-order valence-electron chi connectivity index (χ2n) is 5.40. The van der Waals surface area contributed by atoms with E-state index in [2.05, 4.69) is 21.2 Å². The van der Waals surface area contributed by atoms with E-state index >= 15 is 0 Å². The molecule has 1 aromatic carbocycles. The number of hydrogen-bond donors (Lipinski definition) is 2. The van der Waals surface area contributed by atoms with E-state index in [4.69, 9.17) is 4.74 Å². The zero-order chi connectivity index (χ0) is 19.3. The van der Waals surface area contributed by atoms with E-state index in [1.165, 1.54) is 6.08 Å². The molecule has 3 amide bonds. The molecule has 0 spiro atoms. The molecule has 0 bridgehead atoms. The maximum Gasteiger partial charge on any atom is 0.294 e. The van der Waals surface area contributed by atoms with E-state index < -0.39 is 11.1 Å². The van der Waals surface area contributed by atoms with Gasteiger partial charge in [0.2, 0.25) is 5.91 Å². The molecule has 9 heteroatoms. The van der Waals surface area contributed by atoms with Crippen molar-refractivity contribution in [2.24, 2.45) is 0 Å². The summed E-state index contributed by atoms with van der Waals surface area (Å²) in [6.45, 7) is 4.26. The molecule has 26 heavy (non-hydrogen) atoms. The molecule has 1 heterocycles. The monoisotopic (exact) mass is 442 g/mol. The zero-order valence-corrected chi connectivity index (χ0v) is 16.8. The third-order valence-electron chi connectivity index (χ3n) is 3.40. The van der Waals surface area contributed by atoms with Crippen LogP contribution in [0.25, 0.3) is 6.08 Å². The summed E-state index contributed by atoms with van der Waals surface area (Å²) < 4.78 is 5.76. The van der Waals surface area contributed by atoms with Gasteiger partial charge in [0.25, 0.3) is 11.1 Å². The standard InChI is InChI=1S/C17H19BrN2O5S/c1-3-5-19-14(21)9-20-16(23)13(26-17(20)24)8-10-6-11(18)15(22)12(7-10)25-4-2/h6-8,22H,3-5,9H2,1-2H3,(H,19,21)/b13-8-. The Labute approximate surface area is 163 Å².